The largest absolute Gasteiger partial charge is 0.244 e. The van der Waals surface area contributed by atoms with Gasteiger partial charge in [0.25, 0.3) is 0 Å². The number of nitrogens with zero attached hydrogens (tertiary/aromatic N) is 1. The highest BCUT2D eigenvalue weighted by Crippen LogP contribution is 2.09. The summed E-state index contributed by atoms with van der Waals surface area (Å²) in [6, 6.07) is 17.3. The molecule has 4 heteroatoms. The summed E-state index contributed by atoms with van der Waals surface area (Å²) in [6.45, 7) is 0. The summed E-state index contributed by atoms with van der Waals surface area (Å²) < 4.78 is 28.9. The zero-order valence-corrected chi connectivity index (χ0v) is 11.2. The van der Waals surface area contributed by atoms with E-state index < -0.39 is 9.73 Å². The number of hydrogen-bond acceptors (Lipinski definition) is 2. The lowest BCUT2D eigenvalue weighted by atomic mass is 10.2. The van der Waals surface area contributed by atoms with Crippen molar-refractivity contribution in [3.63, 3.8) is 0 Å². The lowest BCUT2D eigenvalue weighted by Crippen LogP contribution is -1.95. The molecule has 0 heterocycles. The van der Waals surface area contributed by atoms with Crippen molar-refractivity contribution in [3.8, 4) is 12.0 Å². The monoisotopic (exact) mass is 273 g/mol. The second kappa shape index (κ2) is 5.68. The molecule has 2 aromatic rings. The summed E-state index contributed by atoms with van der Waals surface area (Å²) in [5, 5.41) is 0. The van der Waals surface area contributed by atoms with Crippen molar-refractivity contribution in [3.05, 3.63) is 66.0 Å². The van der Waals surface area contributed by atoms with Crippen molar-refractivity contribution in [1.29, 1.82) is 0 Å². The molecule has 0 saturated carbocycles. The first-order chi connectivity index (χ1) is 9.08. The van der Waals surface area contributed by atoms with Crippen LogP contribution in [-0.4, -0.2) is 10.5 Å². The van der Waals surface area contributed by atoms with E-state index in [1.165, 1.54) is 12.1 Å². The smallest absolute Gasteiger partial charge is 0.123 e. The van der Waals surface area contributed by atoms with Gasteiger partial charge >= 0.3 is 0 Å². The first-order valence-electron chi connectivity index (χ1n) is 5.61. The first kappa shape index (κ1) is 13.3. The normalized spacial score (nSPS) is 12.9. The Balaban J connectivity index is 2.28. The number of halogens is 1. The van der Waals surface area contributed by atoms with Gasteiger partial charge in [-0.2, -0.15) is 0 Å². The summed E-state index contributed by atoms with van der Waals surface area (Å²) in [4.78, 5) is 0.642. The highest BCUT2D eigenvalue weighted by molar-refractivity contribution is 7.93. The van der Waals surface area contributed by atoms with Crippen LogP contribution in [0.4, 0.5) is 4.39 Å². The van der Waals surface area contributed by atoms with Crippen molar-refractivity contribution in [1.82, 2.24) is 0 Å². The second-order valence-electron chi connectivity index (χ2n) is 3.95. The molecule has 0 spiro atoms. The minimum atomic E-state index is -2.51. The highest BCUT2D eigenvalue weighted by atomic mass is 32.2. The molecule has 0 fully saturated rings. The summed E-state index contributed by atoms with van der Waals surface area (Å²) in [6.07, 6.45) is 1.54. The first-order valence-corrected chi connectivity index (χ1v) is 7.53. The SMILES string of the molecule is CS(=O)(=NC#Cc1ccc(F)cc1)c1ccccc1. The van der Waals surface area contributed by atoms with Gasteiger partial charge in [0.2, 0.25) is 0 Å². The van der Waals surface area contributed by atoms with Crippen LogP contribution in [0.5, 0.6) is 0 Å². The fourth-order valence-corrected chi connectivity index (χ4v) is 2.42. The van der Waals surface area contributed by atoms with Gasteiger partial charge in [-0.25, -0.2) is 8.60 Å². The molecule has 0 radical (unpaired) electrons. The Morgan fingerprint density at radius 3 is 2.32 bits per heavy atom. The number of hydrogen-bond donors (Lipinski definition) is 0. The van der Waals surface area contributed by atoms with Crippen LogP contribution in [0.1, 0.15) is 5.56 Å². The molecule has 1 unspecified atom stereocenters. The van der Waals surface area contributed by atoms with Crippen LogP contribution in [0, 0.1) is 17.8 Å². The predicted octanol–water partition coefficient (Wildman–Crippen LogP) is 3.29. The van der Waals surface area contributed by atoms with Crippen LogP contribution in [0.3, 0.4) is 0 Å². The molecular formula is C15H12FNOS. The van der Waals surface area contributed by atoms with Crippen LogP contribution in [0.25, 0.3) is 0 Å². The molecule has 0 saturated heterocycles. The Morgan fingerprint density at radius 1 is 1.05 bits per heavy atom. The molecule has 0 N–H and O–H groups in total. The lowest BCUT2D eigenvalue weighted by Gasteiger charge is -1.99. The van der Waals surface area contributed by atoms with Gasteiger partial charge in [0.05, 0.1) is 9.73 Å². The number of rotatable bonds is 1. The van der Waals surface area contributed by atoms with Gasteiger partial charge in [0.15, 0.2) is 0 Å². The summed E-state index contributed by atoms with van der Waals surface area (Å²) in [5.41, 5.74) is 0.633. The molecule has 0 aliphatic rings. The molecule has 2 aromatic carbocycles. The van der Waals surface area contributed by atoms with E-state index in [0.29, 0.717) is 10.5 Å². The summed E-state index contributed by atoms with van der Waals surface area (Å²) in [7, 11) is -2.51. The fourth-order valence-electron chi connectivity index (χ4n) is 1.43. The van der Waals surface area contributed by atoms with Crippen molar-refractivity contribution < 1.29 is 8.60 Å². The van der Waals surface area contributed by atoms with Crippen molar-refractivity contribution >= 4 is 9.73 Å². The maximum absolute atomic E-state index is 12.7. The van der Waals surface area contributed by atoms with E-state index in [9.17, 15) is 8.60 Å². The standard InChI is InChI=1S/C15H12FNOS/c1-19(18,15-5-3-2-4-6-15)17-12-11-13-7-9-14(16)10-8-13/h2-10H,1H3. The average molecular weight is 273 g/mol. The van der Waals surface area contributed by atoms with Crippen molar-refractivity contribution in [2.75, 3.05) is 6.26 Å². The molecule has 1 atom stereocenters. The minimum Gasteiger partial charge on any atom is -0.244 e. The molecule has 0 aliphatic carbocycles. The molecule has 0 aliphatic heterocycles. The molecule has 0 bridgehead atoms. The van der Waals surface area contributed by atoms with Crippen molar-refractivity contribution in [2.24, 2.45) is 4.36 Å². The maximum atomic E-state index is 12.7. The van der Waals surface area contributed by atoms with Crippen LogP contribution >= 0.6 is 0 Å². The molecule has 0 aromatic heterocycles. The van der Waals surface area contributed by atoms with Gasteiger partial charge in [-0.3, -0.25) is 0 Å². The van der Waals surface area contributed by atoms with Gasteiger partial charge in [0.1, 0.15) is 5.82 Å². The third kappa shape index (κ3) is 3.67. The Bertz CT molecular complexity index is 733. The quantitative estimate of drug-likeness (QED) is 0.733. The molecule has 2 rings (SSSR count). The zero-order valence-electron chi connectivity index (χ0n) is 10.3. The molecule has 0 amide bonds. The van der Waals surface area contributed by atoms with Gasteiger partial charge in [-0.1, -0.05) is 18.2 Å². The fraction of sp³-hybridized carbons (Fsp3) is 0.0667. The zero-order chi connectivity index (χ0) is 13.7. The summed E-state index contributed by atoms with van der Waals surface area (Å²) in [5.74, 6) is 2.42. The van der Waals surface area contributed by atoms with E-state index in [-0.39, 0.29) is 5.82 Å². The van der Waals surface area contributed by atoms with Gasteiger partial charge < -0.3 is 0 Å². The Kier molecular flexibility index (Phi) is 3.98. The van der Waals surface area contributed by atoms with E-state index in [1.54, 1.807) is 42.7 Å². The average Bonchev–Trinajstić information content (AvgIpc) is 2.42. The lowest BCUT2D eigenvalue weighted by molar-refractivity contribution is 0.627. The molecular weight excluding hydrogens is 261 g/mol. The van der Waals surface area contributed by atoms with E-state index in [0.717, 1.165) is 0 Å². The van der Waals surface area contributed by atoms with Crippen LogP contribution in [0.15, 0.2) is 63.9 Å². The topological polar surface area (TPSA) is 29.4 Å². The third-order valence-electron chi connectivity index (χ3n) is 2.44. The third-order valence-corrected chi connectivity index (χ3v) is 4.03. The molecule has 19 heavy (non-hydrogen) atoms. The highest BCUT2D eigenvalue weighted by Gasteiger charge is 2.02. The van der Waals surface area contributed by atoms with Gasteiger partial charge in [0, 0.05) is 22.8 Å². The van der Waals surface area contributed by atoms with E-state index in [1.807, 2.05) is 6.07 Å². The molecule has 96 valence electrons. The predicted molar refractivity (Wildman–Crippen MR) is 74.5 cm³/mol. The number of benzene rings is 2. The van der Waals surface area contributed by atoms with E-state index >= 15 is 0 Å². The molecule has 2 nitrogen and oxygen atoms in total. The van der Waals surface area contributed by atoms with Crippen LogP contribution in [-0.2, 0) is 9.73 Å². The van der Waals surface area contributed by atoms with Gasteiger partial charge in [-0.15, -0.1) is 4.36 Å². The second-order valence-corrected chi connectivity index (χ2v) is 6.21. The van der Waals surface area contributed by atoms with E-state index in [2.05, 4.69) is 16.3 Å². The summed E-state index contributed by atoms with van der Waals surface area (Å²) >= 11 is 0. The van der Waals surface area contributed by atoms with Gasteiger partial charge in [-0.05, 0) is 42.3 Å². The Hall–Kier alpha value is -2.12. The van der Waals surface area contributed by atoms with Crippen LogP contribution in [0.2, 0.25) is 0 Å². The Labute approximate surface area is 112 Å². The maximum Gasteiger partial charge on any atom is 0.123 e. The van der Waals surface area contributed by atoms with Crippen molar-refractivity contribution in [2.45, 2.75) is 4.90 Å². The minimum absolute atomic E-state index is 0.314. The van der Waals surface area contributed by atoms with E-state index in [4.69, 9.17) is 0 Å². The van der Waals surface area contributed by atoms with Crippen LogP contribution < -0.4 is 0 Å². The Morgan fingerprint density at radius 2 is 1.68 bits per heavy atom.